The van der Waals surface area contributed by atoms with E-state index in [-0.39, 0.29) is 5.03 Å². The Morgan fingerprint density at radius 1 is 1.43 bits per heavy atom. The van der Waals surface area contributed by atoms with Gasteiger partial charge in [-0.05, 0) is 19.9 Å². The van der Waals surface area contributed by atoms with Crippen LogP contribution < -0.4 is 10.0 Å². The van der Waals surface area contributed by atoms with Crippen molar-refractivity contribution in [2.24, 2.45) is 0 Å². The van der Waals surface area contributed by atoms with E-state index in [9.17, 15) is 8.42 Å². The SMILES string of the molecule is CCCNCc1cn[nH]c1S(=O)(=O)NC(C)c1ncc[nH]1. The number of rotatable bonds is 8. The van der Waals surface area contributed by atoms with Crippen molar-refractivity contribution in [2.45, 2.75) is 37.9 Å². The van der Waals surface area contributed by atoms with Crippen molar-refractivity contribution >= 4 is 10.0 Å². The molecule has 8 nitrogen and oxygen atoms in total. The van der Waals surface area contributed by atoms with Gasteiger partial charge in [-0.15, -0.1) is 0 Å². The number of imidazole rings is 1. The fourth-order valence-electron chi connectivity index (χ4n) is 1.92. The van der Waals surface area contributed by atoms with Gasteiger partial charge in [0.25, 0.3) is 10.0 Å². The predicted molar refractivity (Wildman–Crippen MR) is 77.9 cm³/mol. The summed E-state index contributed by atoms with van der Waals surface area (Å²) in [6.07, 6.45) is 5.73. The summed E-state index contributed by atoms with van der Waals surface area (Å²) in [5, 5.41) is 9.63. The zero-order valence-electron chi connectivity index (χ0n) is 12.0. The highest BCUT2D eigenvalue weighted by Crippen LogP contribution is 2.15. The molecule has 2 rings (SSSR count). The zero-order valence-corrected chi connectivity index (χ0v) is 12.9. The molecule has 0 aromatic carbocycles. The molecule has 2 aromatic heterocycles. The Bertz CT molecular complexity index is 649. The number of hydrogen-bond donors (Lipinski definition) is 4. The van der Waals surface area contributed by atoms with Gasteiger partial charge in [0.05, 0.1) is 12.2 Å². The first kappa shape index (κ1) is 15.7. The van der Waals surface area contributed by atoms with E-state index in [1.165, 1.54) is 6.20 Å². The Kier molecular flexibility index (Phi) is 5.10. The molecule has 116 valence electrons. The predicted octanol–water partition coefficient (Wildman–Crippen LogP) is 0.672. The molecule has 0 aliphatic rings. The van der Waals surface area contributed by atoms with Gasteiger partial charge in [-0.2, -0.15) is 9.82 Å². The molecule has 1 atom stereocenters. The molecule has 4 N–H and O–H groups in total. The average molecular weight is 312 g/mol. The monoisotopic (exact) mass is 312 g/mol. The van der Waals surface area contributed by atoms with Crippen LogP contribution in [-0.4, -0.2) is 35.1 Å². The molecule has 1 unspecified atom stereocenters. The van der Waals surface area contributed by atoms with Crippen LogP contribution in [0.15, 0.2) is 23.6 Å². The maximum Gasteiger partial charge on any atom is 0.258 e. The van der Waals surface area contributed by atoms with Crippen LogP contribution in [0.5, 0.6) is 0 Å². The van der Waals surface area contributed by atoms with E-state index in [0.29, 0.717) is 17.9 Å². The summed E-state index contributed by atoms with van der Waals surface area (Å²) in [5.74, 6) is 0.559. The third-order valence-electron chi connectivity index (χ3n) is 2.95. The molecule has 0 aliphatic heterocycles. The number of sulfonamides is 1. The van der Waals surface area contributed by atoms with Gasteiger partial charge < -0.3 is 10.3 Å². The van der Waals surface area contributed by atoms with E-state index < -0.39 is 16.1 Å². The van der Waals surface area contributed by atoms with E-state index in [4.69, 9.17) is 0 Å². The minimum absolute atomic E-state index is 0.0875. The fourth-order valence-corrected chi connectivity index (χ4v) is 3.26. The van der Waals surface area contributed by atoms with Crippen LogP contribution in [0, 0.1) is 0 Å². The smallest absolute Gasteiger partial charge is 0.258 e. The number of aromatic nitrogens is 4. The number of H-pyrrole nitrogens is 2. The number of hydrogen-bond acceptors (Lipinski definition) is 5. The second kappa shape index (κ2) is 6.83. The molecule has 0 spiro atoms. The van der Waals surface area contributed by atoms with Gasteiger partial charge in [0.2, 0.25) is 0 Å². The number of aromatic amines is 2. The topological polar surface area (TPSA) is 116 Å². The average Bonchev–Trinajstić information content (AvgIpc) is 3.10. The molecule has 9 heteroatoms. The van der Waals surface area contributed by atoms with E-state index in [1.807, 2.05) is 6.92 Å². The van der Waals surface area contributed by atoms with E-state index in [1.54, 1.807) is 19.3 Å². The number of nitrogens with one attached hydrogen (secondary N) is 4. The van der Waals surface area contributed by atoms with Gasteiger partial charge in [-0.25, -0.2) is 13.4 Å². The van der Waals surface area contributed by atoms with Gasteiger partial charge in [0.1, 0.15) is 5.82 Å². The minimum atomic E-state index is -3.68. The summed E-state index contributed by atoms with van der Waals surface area (Å²) < 4.78 is 27.4. The van der Waals surface area contributed by atoms with E-state index in [2.05, 4.69) is 30.2 Å². The van der Waals surface area contributed by atoms with Crippen molar-refractivity contribution in [3.8, 4) is 0 Å². The Hall–Kier alpha value is -1.71. The van der Waals surface area contributed by atoms with Crippen molar-refractivity contribution in [3.05, 3.63) is 30.0 Å². The van der Waals surface area contributed by atoms with E-state index in [0.717, 1.165) is 13.0 Å². The maximum atomic E-state index is 12.4. The third-order valence-corrected chi connectivity index (χ3v) is 4.51. The van der Waals surface area contributed by atoms with Crippen molar-refractivity contribution in [3.63, 3.8) is 0 Å². The Labute approximate surface area is 123 Å². The van der Waals surface area contributed by atoms with Crippen molar-refractivity contribution in [1.82, 2.24) is 30.2 Å². The first-order valence-electron chi connectivity index (χ1n) is 6.79. The second-order valence-electron chi connectivity index (χ2n) is 4.72. The molecule has 2 heterocycles. The summed E-state index contributed by atoms with van der Waals surface area (Å²) in [7, 11) is -3.68. The van der Waals surface area contributed by atoms with Gasteiger partial charge in [-0.1, -0.05) is 6.92 Å². The summed E-state index contributed by atoms with van der Waals surface area (Å²) in [5.41, 5.74) is 0.614. The summed E-state index contributed by atoms with van der Waals surface area (Å²) in [6.45, 7) is 5.05. The lowest BCUT2D eigenvalue weighted by Gasteiger charge is -2.12. The Morgan fingerprint density at radius 2 is 2.24 bits per heavy atom. The minimum Gasteiger partial charge on any atom is -0.347 e. The van der Waals surface area contributed by atoms with Crippen LogP contribution in [0.1, 0.15) is 37.7 Å². The maximum absolute atomic E-state index is 12.4. The molecule has 0 fully saturated rings. The molecule has 2 aromatic rings. The highest BCUT2D eigenvalue weighted by molar-refractivity contribution is 7.89. The van der Waals surface area contributed by atoms with Gasteiger partial charge in [0.15, 0.2) is 5.03 Å². The van der Waals surface area contributed by atoms with Crippen LogP contribution in [0.4, 0.5) is 0 Å². The highest BCUT2D eigenvalue weighted by atomic mass is 32.2. The first-order chi connectivity index (χ1) is 10.0. The third kappa shape index (κ3) is 3.90. The summed E-state index contributed by atoms with van der Waals surface area (Å²) >= 11 is 0. The summed E-state index contributed by atoms with van der Waals surface area (Å²) in [4.78, 5) is 6.93. The lowest BCUT2D eigenvalue weighted by Crippen LogP contribution is -2.29. The van der Waals surface area contributed by atoms with Crippen LogP contribution in [0.2, 0.25) is 0 Å². The molecule has 0 saturated heterocycles. The molecule has 0 aliphatic carbocycles. The zero-order chi connectivity index (χ0) is 15.3. The highest BCUT2D eigenvalue weighted by Gasteiger charge is 2.24. The van der Waals surface area contributed by atoms with Crippen LogP contribution in [0.3, 0.4) is 0 Å². The lowest BCUT2D eigenvalue weighted by molar-refractivity contribution is 0.554. The molecule has 0 radical (unpaired) electrons. The normalized spacial score (nSPS) is 13.4. The summed E-state index contributed by atoms with van der Waals surface area (Å²) in [6, 6.07) is -0.454. The Balaban J connectivity index is 2.11. The van der Waals surface area contributed by atoms with Gasteiger partial charge in [0, 0.05) is 24.5 Å². The molecule has 0 amide bonds. The Morgan fingerprint density at radius 3 is 2.90 bits per heavy atom. The van der Waals surface area contributed by atoms with Crippen molar-refractivity contribution < 1.29 is 8.42 Å². The van der Waals surface area contributed by atoms with Crippen molar-refractivity contribution in [1.29, 1.82) is 0 Å². The van der Waals surface area contributed by atoms with Gasteiger partial charge >= 0.3 is 0 Å². The molecular weight excluding hydrogens is 292 g/mol. The van der Waals surface area contributed by atoms with Gasteiger partial charge in [-0.3, -0.25) is 5.10 Å². The largest absolute Gasteiger partial charge is 0.347 e. The molecule has 0 saturated carbocycles. The van der Waals surface area contributed by atoms with Crippen molar-refractivity contribution in [2.75, 3.05) is 6.54 Å². The van der Waals surface area contributed by atoms with Crippen LogP contribution >= 0.6 is 0 Å². The second-order valence-corrected chi connectivity index (χ2v) is 6.37. The molecule has 21 heavy (non-hydrogen) atoms. The first-order valence-corrected chi connectivity index (χ1v) is 8.27. The quantitative estimate of drug-likeness (QED) is 0.535. The standard InChI is InChI=1S/C12H20N6O2S/c1-3-4-13-7-10-8-16-17-12(10)21(19,20)18-9(2)11-14-5-6-15-11/h5-6,8-9,13,18H,3-4,7H2,1-2H3,(H,14,15)(H,16,17). The fraction of sp³-hybridized carbons (Fsp3) is 0.500. The number of nitrogens with zero attached hydrogens (tertiary/aromatic N) is 2. The molecular formula is C12H20N6O2S. The molecule has 0 bridgehead atoms. The van der Waals surface area contributed by atoms with Crippen LogP contribution in [-0.2, 0) is 16.6 Å². The van der Waals surface area contributed by atoms with E-state index >= 15 is 0 Å². The lowest BCUT2D eigenvalue weighted by atomic mass is 10.3. The van der Waals surface area contributed by atoms with Crippen LogP contribution in [0.25, 0.3) is 0 Å².